The molecule has 0 aromatic carbocycles. The van der Waals surface area contributed by atoms with Crippen molar-refractivity contribution in [3.8, 4) is 0 Å². The molecule has 2 rings (SSSR count). The van der Waals surface area contributed by atoms with E-state index in [-0.39, 0.29) is 10.9 Å². The molecule has 1 aromatic rings. The minimum atomic E-state index is -3.46. The van der Waals surface area contributed by atoms with E-state index in [0.29, 0.717) is 13.1 Å². The lowest BCUT2D eigenvalue weighted by Crippen LogP contribution is -2.41. The highest BCUT2D eigenvalue weighted by atomic mass is 32.2. The summed E-state index contributed by atoms with van der Waals surface area (Å²) in [5.74, 6) is 0. The molecule has 21 heavy (non-hydrogen) atoms. The molecule has 0 bridgehead atoms. The number of hydrogen-bond donors (Lipinski definition) is 1. The molecule has 1 aliphatic heterocycles. The molecule has 8 heteroatoms. The molecule has 2 heterocycles. The number of hydrogen-bond acceptors (Lipinski definition) is 5. The van der Waals surface area contributed by atoms with Gasteiger partial charge in [-0.3, -0.25) is 4.68 Å². The predicted octanol–water partition coefficient (Wildman–Crippen LogP) is -0.183. The molecule has 0 radical (unpaired) electrons. The smallest absolute Gasteiger partial charge is 0.246 e. The first kappa shape index (κ1) is 16.4. The van der Waals surface area contributed by atoms with Crippen LogP contribution in [0.15, 0.2) is 17.3 Å². The molecule has 7 nitrogen and oxygen atoms in total. The minimum Gasteiger partial charge on any atom is -0.318 e. The average molecular weight is 315 g/mol. The maximum Gasteiger partial charge on any atom is 0.246 e. The second kappa shape index (κ2) is 6.87. The van der Waals surface area contributed by atoms with Crippen LogP contribution in [0.5, 0.6) is 0 Å². The molecule has 1 saturated heterocycles. The largest absolute Gasteiger partial charge is 0.318 e. The number of sulfonamides is 1. The van der Waals surface area contributed by atoms with Gasteiger partial charge in [-0.2, -0.15) is 9.40 Å². The first-order valence-corrected chi connectivity index (χ1v) is 8.76. The highest BCUT2D eigenvalue weighted by Crippen LogP contribution is 2.20. The standard InChI is InChI=1S/C13H25N5O2S/c1-12-10-16(3)6-4-7-18(12)21(19,20)13-9-15-17(11-13)8-5-14-2/h9,11-12,14H,4-8,10H2,1-3H3. The number of likely N-dealkylation sites (N-methyl/N-ethyl adjacent to an activating group) is 2. The average Bonchev–Trinajstić information content (AvgIpc) is 2.83. The molecule has 0 spiro atoms. The zero-order valence-corrected chi connectivity index (χ0v) is 13.8. The number of rotatable bonds is 5. The van der Waals surface area contributed by atoms with Crippen LogP contribution in [0.4, 0.5) is 0 Å². The van der Waals surface area contributed by atoms with E-state index in [0.717, 1.165) is 26.1 Å². The lowest BCUT2D eigenvalue weighted by Gasteiger charge is -2.26. The Morgan fingerprint density at radius 3 is 2.90 bits per heavy atom. The maximum absolute atomic E-state index is 12.8. The van der Waals surface area contributed by atoms with Crippen molar-refractivity contribution >= 4 is 10.0 Å². The van der Waals surface area contributed by atoms with Crippen LogP contribution in [0.25, 0.3) is 0 Å². The van der Waals surface area contributed by atoms with Crippen molar-refractivity contribution in [1.29, 1.82) is 0 Å². The van der Waals surface area contributed by atoms with E-state index in [9.17, 15) is 8.42 Å². The molecule has 1 aromatic heterocycles. The molecule has 0 aliphatic carbocycles. The normalized spacial score (nSPS) is 22.3. The third-order valence-corrected chi connectivity index (χ3v) is 5.76. The van der Waals surface area contributed by atoms with E-state index >= 15 is 0 Å². The van der Waals surface area contributed by atoms with Gasteiger partial charge in [0.2, 0.25) is 10.0 Å². The summed E-state index contributed by atoms with van der Waals surface area (Å²) in [5, 5.41) is 7.16. The van der Waals surface area contributed by atoms with Crippen LogP contribution in [0.2, 0.25) is 0 Å². The molecule has 120 valence electrons. The van der Waals surface area contributed by atoms with Gasteiger partial charge in [-0.1, -0.05) is 0 Å². The molecule has 0 amide bonds. The van der Waals surface area contributed by atoms with Crippen LogP contribution in [-0.2, 0) is 16.6 Å². The third kappa shape index (κ3) is 3.82. The summed E-state index contributed by atoms with van der Waals surface area (Å²) in [4.78, 5) is 2.46. The molecule has 1 unspecified atom stereocenters. The molecule has 1 N–H and O–H groups in total. The van der Waals surface area contributed by atoms with Gasteiger partial charge in [0.25, 0.3) is 0 Å². The Morgan fingerprint density at radius 2 is 2.19 bits per heavy atom. The number of nitrogens with one attached hydrogen (secondary N) is 1. The Labute approximate surface area is 127 Å². The van der Waals surface area contributed by atoms with Gasteiger partial charge in [-0.15, -0.1) is 0 Å². The van der Waals surface area contributed by atoms with Gasteiger partial charge in [-0.25, -0.2) is 8.42 Å². The second-order valence-corrected chi connectivity index (χ2v) is 7.51. The topological polar surface area (TPSA) is 70.5 Å². The summed E-state index contributed by atoms with van der Waals surface area (Å²) in [6, 6.07) is -0.0249. The zero-order chi connectivity index (χ0) is 15.5. The van der Waals surface area contributed by atoms with Crippen LogP contribution in [-0.4, -0.2) is 73.7 Å². The molecule has 1 atom stereocenters. The summed E-state index contributed by atoms with van der Waals surface area (Å²) in [5.41, 5.74) is 0. The Bertz CT molecular complexity index is 557. The van der Waals surface area contributed by atoms with Crippen LogP contribution in [0, 0.1) is 0 Å². The van der Waals surface area contributed by atoms with Crippen LogP contribution >= 0.6 is 0 Å². The summed E-state index contributed by atoms with van der Waals surface area (Å²) >= 11 is 0. The Morgan fingerprint density at radius 1 is 1.43 bits per heavy atom. The third-order valence-electron chi connectivity index (χ3n) is 3.79. The van der Waals surface area contributed by atoms with Gasteiger partial charge < -0.3 is 10.2 Å². The monoisotopic (exact) mass is 315 g/mol. The lowest BCUT2D eigenvalue weighted by molar-refractivity contribution is 0.290. The fraction of sp³-hybridized carbons (Fsp3) is 0.769. The van der Waals surface area contributed by atoms with E-state index in [1.165, 1.54) is 6.20 Å². The number of aromatic nitrogens is 2. The molecular formula is C13H25N5O2S. The molecule has 1 aliphatic rings. The minimum absolute atomic E-state index is 0.0249. The Hall–Kier alpha value is -0.960. The quantitative estimate of drug-likeness (QED) is 0.816. The van der Waals surface area contributed by atoms with Gasteiger partial charge in [0.1, 0.15) is 4.90 Å². The van der Waals surface area contributed by atoms with E-state index < -0.39 is 10.0 Å². The second-order valence-electron chi connectivity index (χ2n) is 5.62. The molecule has 0 saturated carbocycles. The van der Waals surface area contributed by atoms with Crippen molar-refractivity contribution in [2.45, 2.75) is 30.8 Å². The van der Waals surface area contributed by atoms with E-state index in [2.05, 4.69) is 15.3 Å². The van der Waals surface area contributed by atoms with E-state index in [4.69, 9.17) is 0 Å². The SMILES string of the molecule is CNCCn1cc(S(=O)(=O)N2CCCN(C)CC2C)cn1. The fourth-order valence-corrected chi connectivity index (χ4v) is 4.29. The van der Waals surface area contributed by atoms with Gasteiger partial charge in [0, 0.05) is 31.9 Å². The highest BCUT2D eigenvalue weighted by Gasteiger charge is 2.32. The first-order valence-electron chi connectivity index (χ1n) is 7.32. The van der Waals surface area contributed by atoms with Crippen LogP contribution in [0.3, 0.4) is 0 Å². The zero-order valence-electron chi connectivity index (χ0n) is 13.0. The van der Waals surface area contributed by atoms with Crippen molar-refractivity contribution in [1.82, 2.24) is 24.3 Å². The van der Waals surface area contributed by atoms with E-state index in [1.54, 1.807) is 15.2 Å². The highest BCUT2D eigenvalue weighted by molar-refractivity contribution is 7.89. The van der Waals surface area contributed by atoms with Gasteiger partial charge in [0.15, 0.2) is 0 Å². The molecular weight excluding hydrogens is 290 g/mol. The first-order chi connectivity index (χ1) is 9.95. The van der Waals surface area contributed by atoms with Gasteiger partial charge >= 0.3 is 0 Å². The number of nitrogens with zero attached hydrogens (tertiary/aromatic N) is 4. The Kier molecular flexibility index (Phi) is 5.37. The maximum atomic E-state index is 12.8. The summed E-state index contributed by atoms with van der Waals surface area (Å²) in [6.45, 7) is 5.63. The molecule has 1 fully saturated rings. The van der Waals surface area contributed by atoms with Crippen molar-refractivity contribution < 1.29 is 8.42 Å². The van der Waals surface area contributed by atoms with Crippen molar-refractivity contribution in [3.05, 3.63) is 12.4 Å². The van der Waals surface area contributed by atoms with E-state index in [1.807, 2.05) is 21.0 Å². The summed E-state index contributed by atoms with van der Waals surface area (Å²) < 4.78 is 28.8. The Balaban J connectivity index is 2.18. The fourth-order valence-electron chi connectivity index (χ4n) is 2.67. The lowest BCUT2D eigenvalue weighted by atomic mass is 10.3. The summed E-state index contributed by atoms with van der Waals surface area (Å²) in [6.07, 6.45) is 3.92. The van der Waals surface area contributed by atoms with Crippen molar-refractivity contribution in [2.24, 2.45) is 0 Å². The van der Waals surface area contributed by atoms with Crippen LogP contribution < -0.4 is 5.32 Å². The van der Waals surface area contributed by atoms with Crippen LogP contribution in [0.1, 0.15) is 13.3 Å². The van der Waals surface area contributed by atoms with Crippen molar-refractivity contribution in [3.63, 3.8) is 0 Å². The van der Waals surface area contributed by atoms with Crippen molar-refractivity contribution in [2.75, 3.05) is 40.3 Å². The summed E-state index contributed by atoms with van der Waals surface area (Å²) in [7, 11) is 0.429. The van der Waals surface area contributed by atoms with Gasteiger partial charge in [-0.05, 0) is 34.0 Å². The van der Waals surface area contributed by atoms with Gasteiger partial charge in [0.05, 0.1) is 12.7 Å². The predicted molar refractivity (Wildman–Crippen MR) is 81.6 cm³/mol.